The van der Waals surface area contributed by atoms with Gasteiger partial charge < -0.3 is 15.2 Å². The quantitative estimate of drug-likeness (QED) is 0.619. The number of hydrogen-bond acceptors (Lipinski definition) is 2. The second-order valence-electron chi connectivity index (χ2n) is 2.73. The molecule has 0 aliphatic rings. The number of H-pyrrole nitrogens is 1. The minimum absolute atomic E-state index is 0.0801. The van der Waals surface area contributed by atoms with E-state index >= 15 is 0 Å². The van der Waals surface area contributed by atoms with Crippen molar-refractivity contribution in [3.8, 4) is 5.75 Å². The second-order valence-corrected chi connectivity index (χ2v) is 2.73. The van der Waals surface area contributed by atoms with Gasteiger partial charge in [-0.15, -0.1) is 0 Å². The molecule has 0 radical (unpaired) electrons. The van der Waals surface area contributed by atoms with Crippen molar-refractivity contribution in [2.45, 2.75) is 0 Å². The van der Waals surface area contributed by atoms with E-state index < -0.39 is 5.97 Å². The van der Waals surface area contributed by atoms with E-state index in [4.69, 9.17) is 5.11 Å². The summed E-state index contributed by atoms with van der Waals surface area (Å²) >= 11 is 0. The highest BCUT2D eigenvalue weighted by molar-refractivity contribution is 5.95. The molecule has 1 heterocycles. The molecule has 0 atom stereocenters. The number of aromatic nitrogens is 1. The van der Waals surface area contributed by atoms with Gasteiger partial charge in [-0.25, -0.2) is 4.79 Å². The van der Waals surface area contributed by atoms with Crippen LogP contribution < -0.4 is 0 Å². The zero-order valence-corrected chi connectivity index (χ0v) is 6.61. The van der Waals surface area contributed by atoms with Crippen molar-refractivity contribution in [1.82, 2.24) is 4.98 Å². The van der Waals surface area contributed by atoms with E-state index in [2.05, 4.69) is 4.98 Å². The molecule has 0 unspecified atom stereocenters. The van der Waals surface area contributed by atoms with Gasteiger partial charge in [0.25, 0.3) is 0 Å². The van der Waals surface area contributed by atoms with Gasteiger partial charge in [0.15, 0.2) is 0 Å². The number of carbonyl (C=O) groups is 1. The maximum atomic E-state index is 10.6. The Bertz CT molecular complexity index is 473. The molecular weight excluding hydrogens is 170 g/mol. The molecule has 0 saturated heterocycles. The van der Waals surface area contributed by atoms with Crippen molar-refractivity contribution in [3.63, 3.8) is 0 Å². The number of nitrogens with one attached hydrogen (secondary N) is 1. The number of carboxylic acids is 1. The van der Waals surface area contributed by atoms with E-state index in [1.54, 1.807) is 12.1 Å². The van der Waals surface area contributed by atoms with Gasteiger partial charge in [-0.05, 0) is 18.2 Å². The van der Waals surface area contributed by atoms with Gasteiger partial charge in [-0.2, -0.15) is 0 Å². The molecule has 0 spiro atoms. The molecule has 13 heavy (non-hydrogen) atoms. The molecule has 0 saturated carbocycles. The number of aromatic carboxylic acids is 1. The van der Waals surface area contributed by atoms with E-state index in [0.717, 1.165) is 0 Å². The van der Waals surface area contributed by atoms with Gasteiger partial charge in [-0.1, -0.05) is 6.07 Å². The number of aromatic hydroxyl groups is 1. The number of aromatic amines is 1. The van der Waals surface area contributed by atoms with E-state index in [1.165, 1.54) is 12.1 Å². The molecule has 0 amide bonds. The van der Waals surface area contributed by atoms with E-state index in [9.17, 15) is 9.90 Å². The van der Waals surface area contributed by atoms with Crippen LogP contribution in [0, 0.1) is 0 Å². The Morgan fingerprint density at radius 3 is 2.77 bits per heavy atom. The lowest BCUT2D eigenvalue weighted by atomic mass is 10.2. The van der Waals surface area contributed by atoms with Crippen LogP contribution in [0.25, 0.3) is 10.9 Å². The predicted molar refractivity (Wildman–Crippen MR) is 46.9 cm³/mol. The minimum Gasteiger partial charge on any atom is -0.507 e. The van der Waals surface area contributed by atoms with Crippen LogP contribution in [0.5, 0.6) is 5.75 Å². The van der Waals surface area contributed by atoms with Gasteiger partial charge in [0.05, 0.1) is 0 Å². The first kappa shape index (κ1) is 7.67. The summed E-state index contributed by atoms with van der Waals surface area (Å²) in [5.41, 5.74) is 0.703. The van der Waals surface area contributed by atoms with Crippen molar-refractivity contribution in [3.05, 3.63) is 30.0 Å². The first-order valence-electron chi connectivity index (χ1n) is 3.72. The minimum atomic E-state index is -1.03. The number of fused-ring (bicyclic) bond motifs is 1. The SMILES string of the molecule is O=C(O)c1cc2c(O)cccc2[nH]1. The van der Waals surface area contributed by atoms with Crippen LogP contribution in [-0.4, -0.2) is 21.2 Å². The average molecular weight is 177 g/mol. The number of hydrogen-bond donors (Lipinski definition) is 3. The number of rotatable bonds is 1. The summed E-state index contributed by atoms with van der Waals surface area (Å²) in [5, 5.41) is 18.5. The van der Waals surface area contributed by atoms with Crippen molar-refractivity contribution < 1.29 is 15.0 Å². The molecule has 66 valence electrons. The Morgan fingerprint density at radius 1 is 1.38 bits per heavy atom. The van der Waals surface area contributed by atoms with Crippen LogP contribution in [0.1, 0.15) is 10.5 Å². The topological polar surface area (TPSA) is 73.3 Å². The Hall–Kier alpha value is -1.97. The summed E-state index contributed by atoms with van der Waals surface area (Å²) < 4.78 is 0. The first-order chi connectivity index (χ1) is 6.18. The lowest BCUT2D eigenvalue weighted by Crippen LogP contribution is -1.94. The van der Waals surface area contributed by atoms with Crippen molar-refractivity contribution in [1.29, 1.82) is 0 Å². The largest absolute Gasteiger partial charge is 0.507 e. The number of benzene rings is 1. The fourth-order valence-corrected chi connectivity index (χ4v) is 1.25. The van der Waals surface area contributed by atoms with Crippen LogP contribution in [-0.2, 0) is 0 Å². The highest BCUT2D eigenvalue weighted by atomic mass is 16.4. The maximum absolute atomic E-state index is 10.6. The number of phenolic OH excluding ortho intramolecular Hbond substituents is 1. The predicted octanol–water partition coefficient (Wildman–Crippen LogP) is 1.57. The first-order valence-corrected chi connectivity index (χ1v) is 3.72. The standard InChI is InChI=1S/C9H7NO3/c11-8-3-1-2-6-5(8)4-7(10-6)9(12)13/h1-4,10-11H,(H,12,13). The molecule has 0 bridgehead atoms. The van der Waals surface area contributed by atoms with Gasteiger partial charge in [-0.3, -0.25) is 0 Å². The summed E-state index contributed by atoms with van der Waals surface area (Å²) in [7, 11) is 0. The molecule has 0 fully saturated rings. The summed E-state index contributed by atoms with van der Waals surface area (Å²) in [5.74, 6) is -0.947. The molecule has 1 aromatic heterocycles. The summed E-state index contributed by atoms with van der Waals surface area (Å²) in [6.45, 7) is 0. The molecule has 3 N–H and O–H groups in total. The van der Waals surface area contributed by atoms with Crippen molar-refractivity contribution in [2.75, 3.05) is 0 Å². The Labute approximate surface area is 73.4 Å². The molecule has 0 aliphatic heterocycles. The number of phenols is 1. The van der Waals surface area contributed by atoms with Gasteiger partial charge in [0.2, 0.25) is 0 Å². The van der Waals surface area contributed by atoms with Gasteiger partial charge in [0, 0.05) is 10.9 Å². The third-order valence-corrected chi connectivity index (χ3v) is 1.87. The smallest absolute Gasteiger partial charge is 0.352 e. The Kier molecular flexibility index (Phi) is 1.48. The molecule has 1 aromatic carbocycles. The van der Waals surface area contributed by atoms with E-state index in [1.807, 2.05) is 0 Å². The van der Waals surface area contributed by atoms with Crippen LogP contribution >= 0.6 is 0 Å². The molecule has 2 aromatic rings. The molecule has 4 heteroatoms. The summed E-state index contributed by atoms with van der Waals surface area (Å²) in [6.07, 6.45) is 0. The van der Waals surface area contributed by atoms with E-state index in [-0.39, 0.29) is 11.4 Å². The maximum Gasteiger partial charge on any atom is 0.352 e. The molecular formula is C9H7NO3. The summed E-state index contributed by atoms with van der Waals surface area (Å²) in [6, 6.07) is 6.29. The monoisotopic (exact) mass is 177 g/mol. The molecule has 4 nitrogen and oxygen atoms in total. The van der Waals surface area contributed by atoms with Crippen molar-refractivity contribution in [2.24, 2.45) is 0 Å². The van der Waals surface area contributed by atoms with Crippen molar-refractivity contribution >= 4 is 16.9 Å². The van der Waals surface area contributed by atoms with Crippen LogP contribution in [0.15, 0.2) is 24.3 Å². The number of carboxylic acid groups (broad SMARTS) is 1. The second kappa shape index (κ2) is 2.52. The highest BCUT2D eigenvalue weighted by Crippen LogP contribution is 2.24. The Morgan fingerprint density at radius 2 is 2.15 bits per heavy atom. The molecule has 2 rings (SSSR count). The van der Waals surface area contributed by atoms with Gasteiger partial charge >= 0.3 is 5.97 Å². The fraction of sp³-hybridized carbons (Fsp3) is 0. The van der Waals surface area contributed by atoms with E-state index in [0.29, 0.717) is 10.9 Å². The van der Waals surface area contributed by atoms with Crippen LogP contribution in [0.4, 0.5) is 0 Å². The summed E-state index contributed by atoms with van der Waals surface area (Å²) in [4.78, 5) is 13.2. The fourth-order valence-electron chi connectivity index (χ4n) is 1.25. The third-order valence-electron chi connectivity index (χ3n) is 1.87. The highest BCUT2D eigenvalue weighted by Gasteiger charge is 2.08. The lowest BCUT2D eigenvalue weighted by Gasteiger charge is -1.91. The average Bonchev–Trinajstić information content (AvgIpc) is 2.49. The van der Waals surface area contributed by atoms with Crippen LogP contribution in [0.3, 0.4) is 0 Å². The third kappa shape index (κ3) is 1.12. The zero-order valence-electron chi connectivity index (χ0n) is 6.61. The normalized spacial score (nSPS) is 10.5. The Balaban J connectivity index is 2.75. The van der Waals surface area contributed by atoms with Gasteiger partial charge in [0.1, 0.15) is 11.4 Å². The zero-order chi connectivity index (χ0) is 9.42. The lowest BCUT2D eigenvalue weighted by molar-refractivity contribution is 0.0691. The molecule has 0 aliphatic carbocycles. The van der Waals surface area contributed by atoms with Crippen LogP contribution in [0.2, 0.25) is 0 Å².